The summed E-state index contributed by atoms with van der Waals surface area (Å²) in [6.45, 7) is 0.531. The number of fused-ring (bicyclic) bond motifs is 1. The number of carbonyl (C=O) groups is 1. The average molecular weight is 444 g/mol. The number of amides is 1. The number of nitrogens with one attached hydrogen (secondary N) is 1. The highest BCUT2D eigenvalue weighted by molar-refractivity contribution is 5.97. The van der Waals surface area contributed by atoms with Crippen molar-refractivity contribution in [3.05, 3.63) is 75.6 Å². The fourth-order valence-electron chi connectivity index (χ4n) is 3.78. The van der Waals surface area contributed by atoms with Crippen molar-refractivity contribution < 1.29 is 28.2 Å². The summed E-state index contributed by atoms with van der Waals surface area (Å²) in [5.41, 5.74) is -0.787. The smallest absolute Gasteiger partial charge is 0.257 e. The molecule has 1 fully saturated rings. The summed E-state index contributed by atoms with van der Waals surface area (Å²) >= 11 is 0. The number of pyridine rings is 1. The van der Waals surface area contributed by atoms with Gasteiger partial charge in [-0.2, -0.15) is 0 Å². The van der Waals surface area contributed by atoms with Gasteiger partial charge in [0.25, 0.3) is 5.91 Å². The standard InChI is InChI=1S/C23H22F2N2O5/c1-31-14-4-2-13(3-5-14)10-27-11-15(23(30)26-18-12-32-9-8-19(18)28)22(29)20-16(24)6-7-17(25)21(20)27/h2-7,11,18-19,28H,8-10,12H2,1H3,(H,26,30). The van der Waals surface area contributed by atoms with Gasteiger partial charge in [-0.15, -0.1) is 0 Å². The van der Waals surface area contributed by atoms with Crippen LogP contribution in [0, 0.1) is 11.6 Å². The van der Waals surface area contributed by atoms with E-state index in [1.54, 1.807) is 24.3 Å². The van der Waals surface area contributed by atoms with Gasteiger partial charge in [0.1, 0.15) is 22.9 Å². The van der Waals surface area contributed by atoms with Gasteiger partial charge in [0, 0.05) is 19.3 Å². The van der Waals surface area contributed by atoms with Gasteiger partial charge in [-0.1, -0.05) is 12.1 Å². The van der Waals surface area contributed by atoms with Crippen LogP contribution >= 0.6 is 0 Å². The molecule has 1 aliphatic rings. The fourth-order valence-corrected chi connectivity index (χ4v) is 3.78. The molecule has 1 aromatic heterocycles. The maximum absolute atomic E-state index is 14.7. The maximum Gasteiger partial charge on any atom is 0.257 e. The molecule has 32 heavy (non-hydrogen) atoms. The Kier molecular flexibility index (Phi) is 6.20. The largest absolute Gasteiger partial charge is 0.497 e. The number of aliphatic hydroxyl groups excluding tert-OH is 1. The molecule has 1 aliphatic heterocycles. The molecule has 3 aromatic rings. The van der Waals surface area contributed by atoms with E-state index in [-0.39, 0.29) is 24.2 Å². The van der Waals surface area contributed by atoms with E-state index in [1.165, 1.54) is 17.9 Å². The summed E-state index contributed by atoms with van der Waals surface area (Å²) < 4.78 is 41.0. The zero-order valence-electron chi connectivity index (χ0n) is 17.3. The quantitative estimate of drug-likeness (QED) is 0.630. The van der Waals surface area contributed by atoms with Crippen molar-refractivity contribution in [1.29, 1.82) is 0 Å². The summed E-state index contributed by atoms with van der Waals surface area (Å²) in [5.74, 6) is -1.87. The third kappa shape index (κ3) is 4.21. The minimum atomic E-state index is -0.925. The second-order valence-electron chi connectivity index (χ2n) is 7.61. The summed E-state index contributed by atoms with van der Waals surface area (Å²) in [6, 6.07) is 8.02. The van der Waals surface area contributed by atoms with Gasteiger partial charge < -0.3 is 24.5 Å². The molecule has 0 radical (unpaired) electrons. The van der Waals surface area contributed by atoms with Crippen LogP contribution in [-0.2, 0) is 11.3 Å². The van der Waals surface area contributed by atoms with Crippen LogP contribution in [-0.4, -0.2) is 48.1 Å². The molecule has 0 saturated carbocycles. The van der Waals surface area contributed by atoms with E-state index in [4.69, 9.17) is 9.47 Å². The Hall–Kier alpha value is -3.30. The van der Waals surface area contributed by atoms with Gasteiger partial charge in [0.2, 0.25) is 5.43 Å². The predicted molar refractivity (Wildman–Crippen MR) is 113 cm³/mol. The molecule has 0 aliphatic carbocycles. The summed E-state index contributed by atoms with van der Waals surface area (Å²) in [7, 11) is 1.53. The van der Waals surface area contributed by atoms with Gasteiger partial charge in [-0.3, -0.25) is 9.59 Å². The highest BCUT2D eigenvalue weighted by Gasteiger charge is 2.28. The second kappa shape index (κ2) is 9.05. The molecule has 2 heterocycles. The van der Waals surface area contributed by atoms with Crippen molar-refractivity contribution in [3.63, 3.8) is 0 Å². The number of aliphatic hydroxyl groups is 1. The van der Waals surface area contributed by atoms with Gasteiger partial charge in [-0.05, 0) is 36.2 Å². The number of rotatable bonds is 5. The Labute approximate surface area is 182 Å². The van der Waals surface area contributed by atoms with Crippen LogP contribution < -0.4 is 15.5 Å². The minimum Gasteiger partial charge on any atom is -0.497 e. The maximum atomic E-state index is 14.7. The summed E-state index contributed by atoms with van der Waals surface area (Å²) in [6.07, 6.45) is 0.719. The van der Waals surface area contributed by atoms with E-state index >= 15 is 0 Å². The van der Waals surface area contributed by atoms with E-state index in [1.807, 2.05) is 0 Å². The summed E-state index contributed by atoms with van der Waals surface area (Å²) in [5, 5.41) is 12.1. The Bertz CT molecular complexity index is 1210. The summed E-state index contributed by atoms with van der Waals surface area (Å²) in [4.78, 5) is 25.8. The SMILES string of the molecule is COc1ccc(Cn2cc(C(=O)NC3COCCC3O)c(=O)c3c(F)ccc(F)c32)cc1. The number of nitrogens with zero attached hydrogens (tertiary/aromatic N) is 1. The number of hydrogen-bond acceptors (Lipinski definition) is 5. The number of carbonyl (C=O) groups excluding carboxylic acids is 1. The lowest BCUT2D eigenvalue weighted by atomic mass is 10.1. The zero-order chi connectivity index (χ0) is 22.8. The van der Waals surface area contributed by atoms with E-state index in [0.29, 0.717) is 18.8 Å². The number of halogens is 2. The first kappa shape index (κ1) is 21.9. The van der Waals surface area contributed by atoms with Crippen molar-refractivity contribution in [1.82, 2.24) is 9.88 Å². The third-order valence-corrected chi connectivity index (χ3v) is 5.51. The lowest BCUT2D eigenvalue weighted by molar-refractivity contribution is -0.0140. The first-order valence-corrected chi connectivity index (χ1v) is 10.1. The number of aromatic nitrogens is 1. The van der Waals surface area contributed by atoms with Crippen molar-refractivity contribution >= 4 is 16.8 Å². The Morgan fingerprint density at radius 3 is 2.62 bits per heavy atom. The molecule has 1 amide bonds. The lowest BCUT2D eigenvalue weighted by Gasteiger charge is -2.28. The number of methoxy groups -OCH3 is 1. The third-order valence-electron chi connectivity index (χ3n) is 5.51. The molecule has 2 aromatic carbocycles. The average Bonchev–Trinajstić information content (AvgIpc) is 2.79. The van der Waals surface area contributed by atoms with Crippen molar-refractivity contribution in [2.45, 2.75) is 25.1 Å². The van der Waals surface area contributed by atoms with Gasteiger partial charge >= 0.3 is 0 Å². The Morgan fingerprint density at radius 2 is 1.94 bits per heavy atom. The molecule has 7 nitrogen and oxygen atoms in total. The fraction of sp³-hybridized carbons (Fsp3) is 0.304. The first-order valence-electron chi connectivity index (χ1n) is 10.1. The van der Waals surface area contributed by atoms with E-state index in [2.05, 4.69) is 5.32 Å². The first-order chi connectivity index (χ1) is 15.4. The minimum absolute atomic E-state index is 0.0800. The molecule has 0 spiro atoms. The van der Waals surface area contributed by atoms with Crippen LogP contribution in [0.4, 0.5) is 8.78 Å². The van der Waals surface area contributed by atoms with Crippen LogP contribution in [0.5, 0.6) is 5.75 Å². The number of hydrogen-bond donors (Lipinski definition) is 2. The molecular weight excluding hydrogens is 422 g/mol. The highest BCUT2D eigenvalue weighted by Crippen LogP contribution is 2.22. The molecule has 2 N–H and O–H groups in total. The van der Waals surface area contributed by atoms with Gasteiger partial charge in [0.15, 0.2) is 0 Å². The van der Waals surface area contributed by atoms with E-state index < -0.39 is 40.5 Å². The Morgan fingerprint density at radius 1 is 1.22 bits per heavy atom. The number of ether oxygens (including phenoxy) is 2. The molecule has 9 heteroatoms. The van der Waals surface area contributed by atoms with Crippen LogP contribution in [0.2, 0.25) is 0 Å². The predicted octanol–water partition coefficient (Wildman–Crippen LogP) is 2.22. The van der Waals surface area contributed by atoms with Crippen LogP contribution in [0.1, 0.15) is 22.3 Å². The van der Waals surface area contributed by atoms with Crippen molar-refractivity contribution in [2.24, 2.45) is 0 Å². The molecule has 168 valence electrons. The zero-order valence-corrected chi connectivity index (χ0v) is 17.3. The Balaban J connectivity index is 1.79. The normalized spacial score (nSPS) is 18.5. The topological polar surface area (TPSA) is 89.8 Å². The van der Waals surface area contributed by atoms with Crippen LogP contribution in [0.25, 0.3) is 10.9 Å². The monoisotopic (exact) mass is 444 g/mol. The van der Waals surface area contributed by atoms with E-state index in [0.717, 1.165) is 17.7 Å². The van der Waals surface area contributed by atoms with Gasteiger partial charge in [0.05, 0.1) is 36.8 Å². The molecule has 1 saturated heterocycles. The molecular formula is C23H22F2N2O5. The van der Waals surface area contributed by atoms with E-state index in [9.17, 15) is 23.5 Å². The number of benzene rings is 2. The van der Waals surface area contributed by atoms with Crippen LogP contribution in [0.3, 0.4) is 0 Å². The highest BCUT2D eigenvalue weighted by atomic mass is 19.1. The van der Waals surface area contributed by atoms with Crippen molar-refractivity contribution in [2.75, 3.05) is 20.3 Å². The molecule has 0 bridgehead atoms. The van der Waals surface area contributed by atoms with Crippen molar-refractivity contribution in [3.8, 4) is 5.75 Å². The molecule has 2 unspecified atom stereocenters. The molecule has 2 atom stereocenters. The lowest BCUT2D eigenvalue weighted by Crippen LogP contribution is -2.50. The second-order valence-corrected chi connectivity index (χ2v) is 7.61. The van der Waals surface area contributed by atoms with Gasteiger partial charge in [-0.25, -0.2) is 8.78 Å². The molecule has 4 rings (SSSR count). The van der Waals surface area contributed by atoms with Crippen LogP contribution in [0.15, 0.2) is 47.4 Å².